The molecule has 4 aliphatic rings. The molecule has 0 bridgehead atoms. The number of hydrogen-bond donors (Lipinski definition) is 4. The maximum atomic E-state index is 11.5. The number of carboxylic acid groups (broad SMARTS) is 1. The third-order valence-corrected chi connectivity index (χ3v) is 10.3. The van der Waals surface area contributed by atoms with Crippen LogP contribution in [-0.2, 0) is 4.79 Å². The highest BCUT2D eigenvalue weighted by atomic mass is 16.4. The second-order valence-electron chi connectivity index (χ2n) is 11.4. The van der Waals surface area contributed by atoms with Gasteiger partial charge >= 0.3 is 5.97 Å². The third kappa shape index (κ3) is 3.27. The van der Waals surface area contributed by atoms with Crippen LogP contribution in [0.3, 0.4) is 0 Å². The van der Waals surface area contributed by atoms with Gasteiger partial charge in [0.15, 0.2) is 0 Å². The van der Waals surface area contributed by atoms with Crippen LogP contribution in [0.25, 0.3) is 0 Å². The normalized spacial score (nSPS) is 52.9. The molecule has 0 aromatic carbocycles. The van der Waals surface area contributed by atoms with E-state index in [9.17, 15) is 20.1 Å². The summed E-state index contributed by atoms with van der Waals surface area (Å²) in [6.45, 7) is 6.72. The lowest BCUT2D eigenvalue weighted by molar-refractivity contribution is -0.207. The molecule has 29 heavy (non-hydrogen) atoms. The minimum atomic E-state index is -0.748. The molecule has 4 rings (SSSR count). The predicted octanol–water partition coefficient (Wildman–Crippen LogP) is 3.45. The first kappa shape index (κ1) is 21.6. The minimum Gasteiger partial charge on any atom is -0.481 e. The molecule has 6 unspecified atom stereocenters. The summed E-state index contributed by atoms with van der Waals surface area (Å²) in [4.78, 5) is 11.1. The Hall–Kier alpha value is -0.650. The van der Waals surface area contributed by atoms with Crippen molar-refractivity contribution in [3.63, 3.8) is 0 Å². The van der Waals surface area contributed by atoms with Crippen molar-refractivity contribution < 1.29 is 25.2 Å². The summed E-state index contributed by atoms with van der Waals surface area (Å²) in [5.74, 6) is 0.997. The van der Waals surface area contributed by atoms with E-state index < -0.39 is 12.1 Å². The molecule has 11 atom stereocenters. The van der Waals surface area contributed by atoms with Crippen LogP contribution >= 0.6 is 0 Å². The number of hydrogen-bond acceptors (Lipinski definition) is 4. The van der Waals surface area contributed by atoms with Gasteiger partial charge in [-0.05, 0) is 97.7 Å². The molecule has 0 amide bonds. The lowest BCUT2D eigenvalue weighted by Crippen LogP contribution is -2.62. The van der Waals surface area contributed by atoms with Crippen LogP contribution in [0.2, 0.25) is 0 Å². The number of rotatable bonds is 4. The summed E-state index contributed by atoms with van der Waals surface area (Å²) < 4.78 is 0. The van der Waals surface area contributed by atoms with Gasteiger partial charge in [-0.25, -0.2) is 0 Å². The molecule has 0 saturated heterocycles. The van der Waals surface area contributed by atoms with Crippen molar-refractivity contribution in [3.05, 3.63) is 0 Å². The SMILES string of the molecule is C[C@H](CCC(=O)O)[C@H]1CCC2C3C(O)CC4C[C@H](O)CC[C@]4(C)C3C[C@H](O)C21C. The zero-order chi connectivity index (χ0) is 21.1. The molecule has 4 fully saturated rings. The molecule has 4 saturated carbocycles. The van der Waals surface area contributed by atoms with Gasteiger partial charge in [0.05, 0.1) is 18.3 Å². The largest absolute Gasteiger partial charge is 0.481 e. The Morgan fingerprint density at radius 2 is 1.76 bits per heavy atom. The zero-order valence-corrected chi connectivity index (χ0v) is 18.3. The van der Waals surface area contributed by atoms with Crippen molar-refractivity contribution in [3.8, 4) is 0 Å². The number of aliphatic hydroxyl groups excluding tert-OH is 3. The van der Waals surface area contributed by atoms with Gasteiger partial charge in [-0.1, -0.05) is 20.8 Å². The van der Waals surface area contributed by atoms with Crippen LogP contribution in [0, 0.1) is 46.3 Å². The summed E-state index contributed by atoms with van der Waals surface area (Å²) in [6, 6.07) is 0. The van der Waals surface area contributed by atoms with E-state index in [1.807, 2.05) is 0 Å². The summed E-state index contributed by atoms with van der Waals surface area (Å²) in [7, 11) is 0. The molecule has 0 heterocycles. The monoisotopic (exact) mass is 408 g/mol. The molecule has 5 nitrogen and oxygen atoms in total. The van der Waals surface area contributed by atoms with E-state index >= 15 is 0 Å². The molecule has 0 spiro atoms. The first-order chi connectivity index (χ1) is 13.6. The summed E-state index contributed by atoms with van der Waals surface area (Å²) in [5.41, 5.74) is -0.143. The Kier molecular flexibility index (Phi) is 5.57. The number of carbonyl (C=O) groups is 1. The fourth-order valence-electron chi connectivity index (χ4n) is 8.68. The average molecular weight is 409 g/mol. The van der Waals surface area contributed by atoms with E-state index in [0.29, 0.717) is 30.1 Å². The number of fused-ring (bicyclic) bond motifs is 5. The summed E-state index contributed by atoms with van der Waals surface area (Å²) in [6.07, 6.45) is 6.00. The van der Waals surface area contributed by atoms with Gasteiger partial charge in [0.2, 0.25) is 0 Å². The molecular weight excluding hydrogens is 368 g/mol. The topological polar surface area (TPSA) is 98.0 Å². The standard InChI is InChI=1S/C24H40O5/c1-13(4-7-21(28)29)16-5-6-17-22-18(12-20(27)24(16,17)3)23(2)9-8-15(25)10-14(23)11-19(22)26/h13-20,22,25-27H,4-12H2,1-3H3,(H,28,29)/t13-,14?,15-,16-,17?,18?,19?,20+,22?,23+,24?/m1/s1. The van der Waals surface area contributed by atoms with E-state index in [2.05, 4.69) is 20.8 Å². The van der Waals surface area contributed by atoms with Crippen molar-refractivity contribution in [2.45, 2.75) is 96.9 Å². The van der Waals surface area contributed by atoms with Crippen molar-refractivity contribution >= 4 is 5.97 Å². The molecule has 4 N–H and O–H groups in total. The Bertz CT molecular complexity index is 637. The molecule has 0 aromatic rings. The maximum Gasteiger partial charge on any atom is 0.303 e. The zero-order valence-electron chi connectivity index (χ0n) is 18.3. The molecule has 166 valence electrons. The highest BCUT2D eigenvalue weighted by Gasteiger charge is 2.65. The Labute approximate surface area is 174 Å². The number of aliphatic carboxylic acids is 1. The Morgan fingerprint density at radius 3 is 2.45 bits per heavy atom. The van der Waals surface area contributed by atoms with Crippen molar-refractivity contribution in [1.29, 1.82) is 0 Å². The van der Waals surface area contributed by atoms with Gasteiger partial charge in [0.1, 0.15) is 0 Å². The van der Waals surface area contributed by atoms with Gasteiger partial charge in [-0.15, -0.1) is 0 Å². The van der Waals surface area contributed by atoms with Gasteiger partial charge < -0.3 is 20.4 Å². The Balaban J connectivity index is 1.61. The van der Waals surface area contributed by atoms with Crippen LogP contribution in [0.4, 0.5) is 0 Å². The molecule has 0 radical (unpaired) electrons. The van der Waals surface area contributed by atoms with Gasteiger partial charge in [-0.3, -0.25) is 4.79 Å². The summed E-state index contributed by atoms with van der Waals surface area (Å²) in [5, 5.41) is 42.0. The van der Waals surface area contributed by atoms with E-state index in [-0.39, 0.29) is 41.3 Å². The number of aliphatic hydroxyl groups is 3. The molecule has 4 aliphatic carbocycles. The minimum absolute atomic E-state index is 0.0957. The smallest absolute Gasteiger partial charge is 0.303 e. The second-order valence-corrected chi connectivity index (χ2v) is 11.4. The van der Waals surface area contributed by atoms with Crippen LogP contribution in [-0.4, -0.2) is 44.7 Å². The fourth-order valence-corrected chi connectivity index (χ4v) is 8.68. The van der Waals surface area contributed by atoms with Gasteiger partial charge in [-0.2, -0.15) is 0 Å². The molecule has 0 aromatic heterocycles. The summed E-state index contributed by atoms with van der Waals surface area (Å²) >= 11 is 0. The molecule has 5 heteroatoms. The van der Waals surface area contributed by atoms with Crippen LogP contribution < -0.4 is 0 Å². The second kappa shape index (κ2) is 7.49. The first-order valence-electron chi connectivity index (χ1n) is 11.8. The van der Waals surface area contributed by atoms with E-state index in [4.69, 9.17) is 5.11 Å². The van der Waals surface area contributed by atoms with Crippen LogP contribution in [0.5, 0.6) is 0 Å². The lowest BCUT2D eigenvalue weighted by Gasteiger charge is -2.63. The Morgan fingerprint density at radius 1 is 1.03 bits per heavy atom. The van der Waals surface area contributed by atoms with Crippen LogP contribution in [0.1, 0.15) is 78.6 Å². The van der Waals surface area contributed by atoms with E-state index in [0.717, 1.165) is 44.9 Å². The van der Waals surface area contributed by atoms with Crippen molar-refractivity contribution in [2.75, 3.05) is 0 Å². The predicted molar refractivity (Wildman–Crippen MR) is 110 cm³/mol. The van der Waals surface area contributed by atoms with Gasteiger partial charge in [0, 0.05) is 6.42 Å². The molecular formula is C24H40O5. The van der Waals surface area contributed by atoms with Gasteiger partial charge in [0.25, 0.3) is 0 Å². The highest BCUT2D eigenvalue weighted by Crippen LogP contribution is 2.68. The van der Waals surface area contributed by atoms with E-state index in [1.165, 1.54) is 0 Å². The number of carboxylic acids is 1. The van der Waals surface area contributed by atoms with E-state index in [1.54, 1.807) is 0 Å². The fraction of sp³-hybridized carbons (Fsp3) is 0.958. The van der Waals surface area contributed by atoms with Crippen molar-refractivity contribution in [1.82, 2.24) is 0 Å². The molecule has 0 aliphatic heterocycles. The first-order valence-corrected chi connectivity index (χ1v) is 11.8. The highest BCUT2D eigenvalue weighted by molar-refractivity contribution is 5.66. The average Bonchev–Trinajstić information content (AvgIpc) is 3.01. The third-order valence-electron chi connectivity index (χ3n) is 10.3. The van der Waals surface area contributed by atoms with Crippen molar-refractivity contribution in [2.24, 2.45) is 46.3 Å². The quantitative estimate of drug-likeness (QED) is 0.571. The maximum absolute atomic E-state index is 11.5. The lowest BCUT2D eigenvalue weighted by atomic mass is 9.43. The van der Waals surface area contributed by atoms with Crippen LogP contribution in [0.15, 0.2) is 0 Å².